The van der Waals surface area contributed by atoms with Crippen LogP contribution in [-0.4, -0.2) is 82.3 Å². The fraction of sp³-hybridized carbons (Fsp3) is 0.771. The first-order valence-electron chi connectivity index (χ1n) is 22.8. The maximum absolute atomic E-state index is 12.7. The molecule has 0 rings (SSSR count). The summed E-state index contributed by atoms with van der Waals surface area (Å²) in [4.78, 5) is 37.0. The molecule has 57 heavy (non-hydrogen) atoms. The van der Waals surface area contributed by atoms with Gasteiger partial charge in [-0.1, -0.05) is 146 Å². The van der Waals surface area contributed by atoms with E-state index in [2.05, 4.69) is 62.5 Å². The Morgan fingerprint density at radius 1 is 0.544 bits per heavy atom. The number of carbonyl (C=O) groups is 3. The Morgan fingerprint density at radius 3 is 1.51 bits per heavy atom. The molecule has 0 aliphatic carbocycles. The normalized spacial score (nSPS) is 13.4. The molecule has 0 aromatic carbocycles. The van der Waals surface area contributed by atoms with Crippen LogP contribution in [-0.2, 0) is 33.3 Å². The zero-order valence-electron chi connectivity index (χ0n) is 37.2. The van der Waals surface area contributed by atoms with E-state index in [4.69, 9.17) is 18.9 Å². The van der Waals surface area contributed by atoms with Gasteiger partial charge in [0.15, 0.2) is 12.4 Å². The lowest BCUT2D eigenvalue weighted by molar-refractivity contribution is -0.870. The Bertz CT molecular complexity index is 1080. The van der Waals surface area contributed by atoms with Crippen molar-refractivity contribution < 1.29 is 42.9 Å². The smallest absolute Gasteiger partial charge is 0.306 e. The topological polar surface area (TPSA) is 111 Å². The van der Waals surface area contributed by atoms with Crippen molar-refractivity contribution in [2.75, 3.05) is 47.5 Å². The lowest BCUT2D eigenvalue weighted by atomic mass is 10.1. The number of unbranched alkanes of at least 4 members (excludes halogenated alkanes) is 18. The van der Waals surface area contributed by atoms with Crippen LogP contribution in [0, 0.1) is 0 Å². The molecule has 0 aromatic heterocycles. The number of carbonyl (C=O) groups excluding carboxylic acids is 3. The number of carboxylic acid groups (broad SMARTS) is 1. The summed E-state index contributed by atoms with van der Waals surface area (Å²) in [5.41, 5.74) is 0. The van der Waals surface area contributed by atoms with Gasteiger partial charge in [-0.2, -0.15) is 0 Å². The highest BCUT2D eigenvalue weighted by atomic mass is 16.7. The van der Waals surface area contributed by atoms with E-state index >= 15 is 0 Å². The molecule has 0 saturated heterocycles. The number of quaternary nitrogens is 1. The monoisotopic (exact) mass is 804 g/mol. The number of nitrogens with zero attached hydrogens (tertiary/aromatic N) is 1. The first-order chi connectivity index (χ1) is 27.6. The number of likely N-dealkylation sites (N-methyl/N-ethyl adjacent to an activating group) is 1. The molecule has 9 heteroatoms. The molecule has 0 N–H and O–H groups in total. The molecule has 0 aromatic rings. The van der Waals surface area contributed by atoms with E-state index in [9.17, 15) is 19.5 Å². The summed E-state index contributed by atoms with van der Waals surface area (Å²) in [7, 11) is 5.90. The van der Waals surface area contributed by atoms with Crippen molar-refractivity contribution in [2.45, 2.75) is 193 Å². The van der Waals surface area contributed by atoms with Gasteiger partial charge in [-0.05, 0) is 70.6 Å². The Labute approximate surface area is 349 Å². The molecule has 0 fully saturated rings. The molecule has 0 aliphatic rings. The molecular formula is C48H85NO8. The van der Waals surface area contributed by atoms with E-state index in [1.165, 1.54) is 64.2 Å². The summed E-state index contributed by atoms with van der Waals surface area (Å²) in [6.07, 6.45) is 42.8. The number of hydrogen-bond donors (Lipinski definition) is 0. The van der Waals surface area contributed by atoms with Gasteiger partial charge >= 0.3 is 11.9 Å². The second-order valence-electron chi connectivity index (χ2n) is 16.3. The largest absolute Gasteiger partial charge is 0.545 e. The number of aliphatic carboxylic acids is 1. The average molecular weight is 804 g/mol. The Morgan fingerprint density at radius 2 is 1.00 bits per heavy atom. The first kappa shape index (κ1) is 54.2. The van der Waals surface area contributed by atoms with E-state index in [0.717, 1.165) is 83.5 Å². The van der Waals surface area contributed by atoms with Crippen LogP contribution >= 0.6 is 0 Å². The first-order valence-corrected chi connectivity index (χ1v) is 22.8. The van der Waals surface area contributed by atoms with Crippen LogP contribution in [0.25, 0.3) is 0 Å². The number of allylic oxidation sites excluding steroid dienone is 8. The van der Waals surface area contributed by atoms with Crippen LogP contribution in [0.3, 0.4) is 0 Å². The highest BCUT2D eigenvalue weighted by Crippen LogP contribution is 2.13. The number of esters is 2. The van der Waals surface area contributed by atoms with Crippen molar-refractivity contribution >= 4 is 17.9 Å². The maximum Gasteiger partial charge on any atom is 0.306 e. The molecule has 330 valence electrons. The summed E-state index contributed by atoms with van der Waals surface area (Å²) in [5, 5.41) is 11.7. The predicted molar refractivity (Wildman–Crippen MR) is 232 cm³/mol. The maximum atomic E-state index is 12.7. The van der Waals surface area contributed by atoms with Crippen molar-refractivity contribution in [1.29, 1.82) is 0 Å². The van der Waals surface area contributed by atoms with Gasteiger partial charge < -0.3 is 33.3 Å². The Balaban J connectivity index is 4.45. The zero-order chi connectivity index (χ0) is 42.1. The second-order valence-corrected chi connectivity index (χ2v) is 16.3. The van der Waals surface area contributed by atoms with Crippen LogP contribution in [0.1, 0.15) is 181 Å². The summed E-state index contributed by atoms with van der Waals surface area (Å²) >= 11 is 0. The summed E-state index contributed by atoms with van der Waals surface area (Å²) < 4.78 is 22.5. The lowest BCUT2D eigenvalue weighted by Crippen LogP contribution is -2.44. The summed E-state index contributed by atoms with van der Waals surface area (Å²) in [6, 6.07) is 0. The highest BCUT2D eigenvalue weighted by molar-refractivity contribution is 5.70. The Kier molecular flexibility index (Phi) is 38.1. The van der Waals surface area contributed by atoms with E-state index in [1.54, 1.807) is 0 Å². The average Bonchev–Trinajstić information content (AvgIpc) is 3.17. The number of carboxylic acids is 1. The molecule has 2 unspecified atom stereocenters. The zero-order valence-corrected chi connectivity index (χ0v) is 37.2. The standard InChI is InChI=1S/C48H85NO8/c1-6-8-10-12-14-16-18-20-22-23-25-26-28-30-32-34-36-38-45(50)55-42-44(43-56-48(47(52)53)54-41-40-49(3,4)5)57-46(51)39-37-35-33-31-29-27-24-21-19-17-15-13-11-9-7-2/h9,11,15,17,20-22,24,44,48H,6-8,10,12-14,16,18-19,23,25-43H2,1-5H3/b11-9-,17-15-,22-20-,24-21-. The molecule has 0 spiro atoms. The quantitative estimate of drug-likeness (QED) is 0.0197. The molecule has 9 nitrogen and oxygen atoms in total. The predicted octanol–water partition coefficient (Wildman–Crippen LogP) is 10.7. The highest BCUT2D eigenvalue weighted by Gasteiger charge is 2.21. The van der Waals surface area contributed by atoms with Gasteiger partial charge in [-0.25, -0.2) is 0 Å². The summed E-state index contributed by atoms with van der Waals surface area (Å²) in [6.45, 7) is 4.59. The van der Waals surface area contributed by atoms with Gasteiger partial charge in [0.1, 0.15) is 13.2 Å². The number of hydrogen-bond acceptors (Lipinski definition) is 8. The minimum atomic E-state index is -1.63. The second kappa shape index (κ2) is 40.0. The SMILES string of the molecule is CC/C=C\C/C=C\C/C=C\CCCCCCCC(=O)OC(COC(=O)CCCCCCCCC/C=C\CCCCCCCC)COC(OCC[N+](C)(C)C)C(=O)[O-]. The van der Waals surface area contributed by atoms with Crippen molar-refractivity contribution in [3.05, 3.63) is 48.6 Å². The van der Waals surface area contributed by atoms with Crippen molar-refractivity contribution in [2.24, 2.45) is 0 Å². The molecule has 2 atom stereocenters. The van der Waals surface area contributed by atoms with E-state index < -0.39 is 24.3 Å². The van der Waals surface area contributed by atoms with Gasteiger partial charge in [0.25, 0.3) is 0 Å². The van der Waals surface area contributed by atoms with Crippen LogP contribution in [0.4, 0.5) is 0 Å². The minimum absolute atomic E-state index is 0.142. The third-order valence-electron chi connectivity index (χ3n) is 9.56. The number of rotatable bonds is 41. The molecular weight excluding hydrogens is 719 g/mol. The molecule has 0 heterocycles. The molecule has 0 radical (unpaired) electrons. The van der Waals surface area contributed by atoms with Gasteiger partial charge in [0.05, 0.1) is 40.3 Å². The van der Waals surface area contributed by atoms with Gasteiger partial charge in [0, 0.05) is 12.8 Å². The molecule has 0 saturated carbocycles. The minimum Gasteiger partial charge on any atom is -0.545 e. The van der Waals surface area contributed by atoms with Gasteiger partial charge in [-0.15, -0.1) is 0 Å². The van der Waals surface area contributed by atoms with Gasteiger partial charge in [0.2, 0.25) is 0 Å². The lowest BCUT2D eigenvalue weighted by Gasteiger charge is -2.26. The van der Waals surface area contributed by atoms with Crippen molar-refractivity contribution in [3.63, 3.8) is 0 Å². The van der Waals surface area contributed by atoms with Crippen LogP contribution in [0.2, 0.25) is 0 Å². The third-order valence-corrected chi connectivity index (χ3v) is 9.56. The van der Waals surface area contributed by atoms with Crippen molar-refractivity contribution in [3.8, 4) is 0 Å². The number of ether oxygens (including phenoxy) is 4. The van der Waals surface area contributed by atoms with E-state index in [0.29, 0.717) is 17.4 Å². The van der Waals surface area contributed by atoms with Crippen LogP contribution in [0.5, 0.6) is 0 Å². The van der Waals surface area contributed by atoms with Crippen LogP contribution < -0.4 is 5.11 Å². The van der Waals surface area contributed by atoms with E-state index in [-0.39, 0.29) is 38.6 Å². The van der Waals surface area contributed by atoms with E-state index in [1.807, 2.05) is 21.1 Å². The van der Waals surface area contributed by atoms with Gasteiger partial charge in [-0.3, -0.25) is 9.59 Å². The molecule has 0 bridgehead atoms. The fourth-order valence-corrected chi connectivity index (χ4v) is 6.01. The fourth-order valence-electron chi connectivity index (χ4n) is 6.01. The molecule has 0 aliphatic heterocycles. The Hall–Kier alpha value is -2.75. The molecule has 0 amide bonds. The summed E-state index contributed by atoms with van der Waals surface area (Å²) in [5.74, 6) is -2.32. The third kappa shape index (κ3) is 41.2. The van der Waals surface area contributed by atoms with Crippen molar-refractivity contribution in [1.82, 2.24) is 0 Å². The van der Waals surface area contributed by atoms with Crippen LogP contribution in [0.15, 0.2) is 48.6 Å².